The van der Waals surface area contributed by atoms with Crippen LogP contribution in [0.4, 0.5) is 8.78 Å². The Hall–Kier alpha value is -1.09. The summed E-state index contributed by atoms with van der Waals surface area (Å²) < 4.78 is 59.0. The van der Waals surface area contributed by atoms with Gasteiger partial charge in [-0.1, -0.05) is 0 Å². The SMILES string of the molecule is CC1CN(S(=O)(=O)c2cc(CO)cc(F)c2F)C(C)CO1. The average Bonchev–Trinajstić information content (AvgIpc) is 2.43. The van der Waals surface area contributed by atoms with E-state index in [0.717, 1.165) is 16.4 Å². The number of rotatable bonds is 3. The Bertz CT molecular complexity index is 635. The third-order valence-electron chi connectivity index (χ3n) is 3.37. The standard InChI is InChI=1S/C13H17F2NO4S/c1-8-7-20-9(2)5-16(8)21(18,19)12-4-10(6-17)3-11(14)13(12)15/h3-4,8-9,17H,5-7H2,1-2H3. The summed E-state index contributed by atoms with van der Waals surface area (Å²) in [6.45, 7) is 3.01. The summed E-state index contributed by atoms with van der Waals surface area (Å²) in [5.74, 6) is -2.73. The Kier molecular flexibility index (Phi) is 4.62. The van der Waals surface area contributed by atoms with Gasteiger partial charge in [0.05, 0.1) is 19.3 Å². The Morgan fingerprint density at radius 3 is 2.67 bits per heavy atom. The van der Waals surface area contributed by atoms with Crippen molar-refractivity contribution < 1.29 is 27.0 Å². The second kappa shape index (κ2) is 5.96. The van der Waals surface area contributed by atoms with Gasteiger partial charge in [-0.3, -0.25) is 0 Å². The molecule has 1 heterocycles. The van der Waals surface area contributed by atoms with Crippen LogP contribution in [0.3, 0.4) is 0 Å². The van der Waals surface area contributed by atoms with Crippen LogP contribution < -0.4 is 0 Å². The molecule has 5 nitrogen and oxygen atoms in total. The highest BCUT2D eigenvalue weighted by molar-refractivity contribution is 7.89. The van der Waals surface area contributed by atoms with Crippen LogP contribution in [0.25, 0.3) is 0 Å². The monoisotopic (exact) mass is 321 g/mol. The van der Waals surface area contributed by atoms with Crippen molar-refractivity contribution in [3.63, 3.8) is 0 Å². The summed E-state index contributed by atoms with van der Waals surface area (Å²) in [6, 6.07) is 1.26. The molecule has 0 aliphatic carbocycles. The highest BCUT2D eigenvalue weighted by Gasteiger charge is 2.36. The third kappa shape index (κ3) is 3.08. The molecule has 0 bridgehead atoms. The molecule has 2 unspecified atom stereocenters. The largest absolute Gasteiger partial charge is 0.392 e. The van der Waals surface area contributed by atoms with Crippen molar-refractivity contribution in [3.05, 3.63) is 29.3 Å². The van der Waals surface area contributed by atoms with Crippen molar-refractivity contribution in [3.8, 4) is 0 Å². The van der Waals surface area contributed by atoms with E-state index in [9.17, 15) is 17.2 Å². The number of halogens is 2. The second-order valence-corrected chi connectivity index (χ2v) is 6.97. The Morgan fingerprint density at radius 1 is 1.38 bits per heavy atom. The van der Waals surface area contributed by atoms with Crippen molar-refractivity contribution >= 4 is 10.0 Å². The number of aliphatic hydroxyl groups is 1. The molecule has 2 atom stereocenters. The van der Waals surface area contributed by atoms with Gasteiger partial charge >= 0.3 is 0 Å². The molecular weight excluding hydrogens is 304 g/mol. The summed E-state index contributed by atoms with van der Waals surface area (Å²) >= 11 is 0. The van der Waals surface area contributed by atoms with Crippen molar-refractivity contribution in [2.75, 3.05) is 13.2 Å². The fourth-order valence-electron chi connectivity index (χ4n) is 2.23. The molecule has 1 aromatic carbocycles. The Morgan fingerprint density at radius 2 is 2.05 bits per heavy atom. The zero-order chi connectivity index (χ0) is 15.8. The van der Waals surface area contributed by atoms with Gasteiger partial charge in [0.1, 0.15) is 4.90 Å². The lowest BCUT2D eigenvalue weighted by atomic mass is 10.2. The predicted molar refractivity (Wildman–Crippen MR) is 71.0 cm³/mol. The van der Waals surface area contributed by atoms with E-state index >= 15 is 0 Å². The highest BCUT2D eigenvalue weighted by atomic mass is 32.2. The van der Waals surface area contributed by atoms with Crippen LogP contribution in [0.15, 0.2) is 17.0 Å². The first-order valence-corrected chi connectivity index (χ1v) is 7.93. The zero-order valence-electron chi connectivity index (χ0n) is 11.7. The maximum absolute atomic E-state index is 13.9. The molecule has 1 saturated heterocycles. The Balaban J connectivity index is 2.51. The summed E-state index contributed by atoms with van der Waals surface area (Å²) in [4.78, 5) is -0.757. The van der Waals surface area contributed by atoms with Crippen LogP contribution in [0.5, 0.6) is 0 Å². The lowest BCUT2D eigenvalue weighted by molar-refractivity contribution is -0.0171. The minimum atomic E-state index is -4.20. The first-order valence-electron chi connectivity index (χ1n) is 6.49. The molecule has 0 spiro atoms. The maximum atomic E-state index is 13.9. The molecule has 1 fully saturated rings. The molecule has 2 rings (SSSR count). The molecule has 1 N–H and O–H groups in total. The summed E-state index contributed by atoms with van der Waals surface area (Å²) in [7, 11) is -4.20. The number of sulfonamides is 1. The number of hydrogen-bond acceptors (Lipinski definition) is 4. The minimum absolute atomic E-state index is 0.00133. The lowest BCUT2D eigenvalue weighted by Gasteiger charge is -2.35. The molecule has 1 aliphatic rings. The highest BCUT2D eigenvalue weighted by Crippen LogP contribution is 2.27. The molecule has 118 valence electrons. The first kappa shape index (κ1) is 16.3. The van der Waals surface area contributed by atoms with E-state index in [2.05, 4.69) is 0 Å². The molecule has 0 amide bonds. The van der Waals surface area contributed by atoms with Crippen LogP contribution in [-0.2, 0) is 21.4 Å². The first-order chi connectivity index (χ1) is 9.77. The van der Waals surface area contributed by atoms with Crippen molar-refractivity contribution in [2.24, 2.45) is 0 Å². The molecule has 0 saturated carbocycles. The zero-order valence-corrected chi connectivity index (χ0v) is 12.5. The number of ether oxygens (including phenoxy) is 1. The molecule has 21 heavy (non-hydrogen) atoms. The van der Waals surface area contributed by atoms with Crippen molar-refractivity contribution in [1.29, 1.82) is 0 Å². The van der Waals surface area contributed by atoms with Gasteiger partial charge in [-0.2, -0.15) is 4.31 Å². The van der Waals surface area contributed by atoms with Crippen LogP contribution in [0, 0.1) is 11.6 Å². The van der Waals surface area contributed by atoms with Crippen molar-refractivity contribution in [1.82, 2.24) is 4.31 Å². The van der Waals surface area contributed by atoms with Gasteiger partial charge in [-0.05, 0) is 31.5 Å². The molecule has 1 aliphatic heterocycles. The third-order valence-corrected chi connectivity index (χ3v) is 5.35. The van der Waals surface area contributed by atoms with E-state index in [-0.39, 0.29) is 24.8 Å². The van der Waals surface area contributed by atoms with Gasteiger partial charge in [0.25, 0.3) is 0 Å². The fourth-order valence-corrected chi connectivity index (χ4v) is 4.05. The number of morpholine rings is 1. The quantitative estimate of drug-likeness (QED) is 0.910. The molecular formula is C13H17F2NO4S. The number of nitrogens with zero attached hydrogens (tertiary/aromatic N) is 1. The number of aliphatic hydroxyl groups excluding tert-OH is 1. The smallest absolute Gasteiger partial charge is 0.246 e. The second-order valence-electron chi connectivity index (χ2n) is 5.12. The predicted octanol–water partition coefficient (Wildman–Crippen LogP) is 1.26. The van der Waals surface area contributed by atoms with E-state index < -0.39 is 39.2 Å². The molecule has 0 radical (unpaired) electrons. The van der Waals surface area contributed by atoms with Crippen LogP contribution >= 0.6 is 0 Å². The van der Waals surface area contributed by atoms with E-state index in [1.807, 2.05) is 0 Å². The van der Waals surface area contributed by atoms with Gasteiger partial charge in [-0.15, -0.1) is 0 Å². The van der Waals surface area contributed by atoms with Crippen LogP contribution in [0.1, 0.15) is 19.4 Å². The van der Waals surface area contributed by atoms with Crippen molar-refractivity contribution in [2.45, 2.75) is 37.5 Å². The van der Waals surface area contributed by atoms with E-state index in [0.29, 0.717) is 0 Å². The van der Waals surface area contributed by atoms with Crippen LogP contribution in [-0.4, -0.2) is 43.1 Å². The van der Waals surface area contributed by atoms with Crippen LogP contribution in [0.2, 0.25) is 0 Å². The summed E-state index contributed by atoms with van der Waals surface area (Å²) in [5, 5.41) is 9.03. The molecule has 0 aromatic heterocycles. The maximum Gasteiger partial charge on any atom is 0.246 e. The Labute approximate surface area is 122 Å². The number of hydrogen-bond donors (Lipinski definition) is 1. The van der Waals surface area contributed by atoms with E-state index in [1.165, 1.54) is 0 Å². The van der Waals surface area contributed by atoms with Gasteiger partial charge in [-0.25, -0.2) is 17.2 Å². The topological polar surface area (TPSA) is 66.8 Å². The summed E-state index contributed by atoms with van der Waals surface area (Å²) in [6.07, 6.45) is -0.329. The minimum Gasteiger partial charge on any atom is -0.392 e. The van der Waals surface area contributed by atoms with E-state index in [1.54, 1.807) is 13.8 Å². The van der Waals surface area contributed by atoms with Gasteiger partial charge < -0.3 is 9.84 Å². The normalized spacial score (nSPS) is 24.2. The summed E-state index contributed by atoms with van der Waals surface area (Å²) in [5.41, 5.74) is 0.00133. The van der Waals surface area contributed by atoms with Gasteiger partial charge in [0.2, 0.25) is 10.0 Å². The molecule has 1 aromatic rings. The lowest BCUT2D eigenvalue weighted by Crippen LogP contribution is -2.50. The average molecular weight is 321 g/mol. The van der Waals surface area contributed by atoms with Gasteiger partial charge in [0, 0.05) is 12.6 Å². The van der Waals surface area contributed by atoms with E-state index in [4.69, 9.17) is 9.84 Å². The molecule has 8 heteroatoms. The number of benzene rings is 1. The van der Waals surface area contributed by atoms with Gasteiger partial charge in [0.15, 0.2) is 11.6 Å². The fraction of sp³-hybridized carbons (Fsp3) is 0.538.